The van der Waals surface area contributed by atoms with Crippen molar-refractivity contribution in [3.05, 3.63) is 65.7 Å². The molecule has 33 heteroatoms. The molecule has 3 aromatic heterocycles. The lowest BCUT2D eigenvalue weighted by molar-refractivity contribution is -0.140. The summed E-state index contributed by atoms with van der Waals surface area (Å²) in [7, 11) is 1.57. The number of hydrogen-bond acceptors (Lipinski definition) is 21. The van der Waals surface area contributed by atoms with Crippen molar-refractivity contribution in [3.63, 3.8) is 0 Å². The number of benzene rings is 1. The minimum Gasteiger partial charge on any atom is -0.480 e. The number of halogens is 2. The highest BCUT2D eigenvalue weighted by Crippen LogP contribution is 2.32. The largest absolute Gasteiger partial charge is 0.480 e. The molecule has 5 heterocycles. The molecule has 6 rings (SSSR count). The van der Waals surface area contributed by atoms with Crippen molar-refractivity contribution in [1.29, 1.82) is 5.26 Å². The van der Waals surface area contributed by atoms with E-state index in [4.69, 9.17) is 14.2 Å². The number of aromatic nitrogens is 7. The van der Waals surface area contributed by atoms with Crippen molar-refractivity contribution in [2.75, 3.05) is 138 Å². The minimum absolute atomic E-state index is 0.0115. The fraction of sp³-hybridized carbons (Fsp3) is 0.556. The molecular weight excluding hydrogens is 1150 g/mol. The Hall–Kier alpha value is -8.52. The number of nitrogens with zero attached hydrogens (tertiary/aromatic N) is 13. The smallest absolute Gasteiger partial charge is 0.317 e. The summed E-state index contributed by atoms with van der Waals surface area (Å²) >= 11 is 0. The number of amides is 5. The Balaban J connectivity index is 0.940. The first-order valence-corrected chi connectivity index (χ1v) is 28.0. The summed E-state index contributed by atoms with van der Waals surface area (Å²) in [6.07, 6.45) is 3.98. The molecule has 4 aromatic rings. The Morgan fingerprint density at radius 1 is 0.678 bits per heavy atom. The third-order valence-electron chi connectivity index (χ3n) is 13.8. The first-order valence-electron chi connectivity index (χ1n) is 28.0. The van der Waals surface area contributed by atoms with Crippen LogP contribution >= 0.6 is 0 Å². The Bertz CT molecular complexity index is 3000. The zero-order chi connectivity index (χ0) is 62.9. The van der Waals surface area contributed by atoms with Crippen molar-refractivity contribution in [2.24, 2.45) is 0 Å². The summed E-state index contributed by atoms with van der Waals surface area (Å²) in [5, 5.41) is 65.6. The maximum atomic E-state index is 13.9. The Morgan fingerprint density at radius 2 is 1.21 bits per heavy atom. The third kappa shape index (κ3) is 23.0. The second kappa shape index (κ2) is 34.0. The van der Waals surface area contributed by atoms with Crippen LogP contribution in [-0.4, -0.2) is 279 Å². The number of rotatable bonds is 31. The molecule has 87 heavy (non-hydrogen) atoms. The lowest BCUT2D eigenvalue weighted by atomic mass is 10.0. The van der Waals surface area contributed by atoms with Crippen molar-refractivity contribution < 1.29 is 76.7 Å². The molecule has 0 bridgehead atoms. The maximum absolute atomic E-state index is 13.9. The number of nitriles is 1. The van der Waals surface area contributed by atoms with E-state index in [1.165, 1.54) is 25.3 Å². The average molecular weight is 1220 g/mol. The predicted molar refractivity (Wildman–Crippen MR) is 300 cm³/mol. The summed E-state index contributed by atoms with van der Waals surface area (Å²) < 4.78 is 47.4. The number of methoxy groups -OCH3 is 1. The lowest BCUT2D eigenvalue weighted by Gasteiger charge is -2.32. The van der Waals surface area contributed by atoms with Gasteiger partial charge in [0.2, 0.25) is 17.7 Å². The van der Waals surface area contributed by atoms with E-state index >= 15 is 0 Å². The van der Waals surface area contributed by atoms with Gasteiger partial charge in [-0.05, 0) is 37.3 Å². The van der Waals surface area contributed by atoms with Gasteiger partial charge in [0.05, 0.1) is 110 Å². The van der Waals surface area contributed by atoms with Gasteiger partial charge < -0.3 is 55.7 Å². The van der Waals surface area contributed by atoms with E-state index in [0.29, 0.717) is 47.9 Å². The lowest BCUT2D eigenvalue weighted by Crippen LogP contribution is -2.50. The number of aliphatic carboxylic acids is 3. The number of hydrogen-bond donors (Lipinski definition) is 7. The zero-order valence-corrected chi connectivity index (χ0v) is 48.4. The van der Waals surface area contributed by atoms with Crippen LogP contribution < -0.4 is 21.3 Å². The molecular formula is C54H73F2N17O14. The van der Waals surface area contributed by atoms with Gasteiger partial charge >= 0.3 is 17.9 Å². The number of likely N-dealkylation sites (tertiary alicyclic amines) is 1. The molecule has 2 aliphatic rings. The summed E-state index contributed by atoms with van der Waals surface area (Å²) in [5.74, 6) is -9.08. The van der Waals surface area contributed by atoms with Crippen LogP contribution in [0.5, 0.6) is 0 Å². The van der Waals surface area contributed by atoms with Gasteiger partial charge in [0.25, 0.3) is 17.7 Å². The van der Waals surface area contributed by atoms with E-state index in [9.17, 15) is 67.7 Å². The van der Waals surface area contributed by atoms with Gasteiger partial charge in [-0.25, -0.2) is 18.1 Å². The molecule has 0 aliphatic carbocycles. The number of ether oxygens (including phenoxy) is 3. The van der Waals surface area contributed by atoms with Crippen LogP contribution in [0.3, 0.4) is 0 Å². The van der Waals surface area contributed by atoms with E-state index in [1.807, 2.05) is 0 Å². The molecule has 1 aromatic carbocycles. The number of carbonyl (C=O) groups is 8. The highest BCUT2D eigenvalue weighted by atomic mass is 19.3. The number of carboxylic acid groups (broad SMARTS) is 3. The number of alkyl halides is 2. The summed E-state index contributed by atoms with van der Waals surface area (Å²) in [6.45, 7) is 3.24. The van der Waals surface area contributed by atoms with Crippen LogP contribution in [0.25, 0.3) is 22.5 Å². The van der Waals surface area contributed by atoms with E-state index in [1.54, 1.807) is 72.7 Å². The van der Waals surface area contributed by atoms with Gasteiger partial charge in [-0.2, -0.15) is 5.26 Å². The van der Waals surface area contributed by atoms with Gasteiger partial charge in [-0.3, -0.25) is 62.9 Å². The van der Waals surface area contributed by atoms with Gasteiger partial charge in [-0.1, -0.05) is 10.4 Å². The molecule has 0 unspecified atom stereocenters. The zero-order valence-electron chi connectivity index (χ0n) is 48.4. The van der Waals surface area contributed by atoms with Crippen LogP contribution in [0, 0.1) is 11.3 Å². The number of carbonyl (C=O) groups excluding carboxylic acids is 5. The van der Waals surface area contributed by atoms with Gasteiger partial charge in [0, 0.05) is 114 Å². The van der Waals surface area contributed by atoms with Crippen LogP contribution in [0.4, 0.5) is 8.78 Å². The van der Waals surface area contributed by atoms with Crippen LogP contribution in [-0.2, 0) is 62.6 Å². The number of nitrogens with one attached hydrogen (secondary N) is 4. The van der Waals surface area contributed by atoms with Crippen molar-refractivity contribution in [3.8, 4) is 28.6 Å². The predicted octanol–water partition coefficient (Wildman–Crippen LogP) is -1.82. The van der Waals surface area contributed by atoms with Crippen molar-refractivity contribution >= 4 is 47.4 Å². The molecule has 5 amide bonds. The Kier molecular flexibility index (Phi) is 26.4. The van der Waals surface area contributed by atoms with Crippen molar-refractivity contribution in [2.45, 2.75) is 57.4 Å². The van der Waals surface area contributed by atoms with E-state index in [2.05, 4.69) is 46.9 Å². The Morgan fingerprint density at radius 3 is 1.75 bits per heavy atom. The fourth-order valence-corrected chi connectivity index (χ4v) is 9.24. The SMILES string of the molecule is COCCn1cc(-c2cc(C(=O)NCCNC(=O)CN3CCN(CC(=O)O)CCN(CC(=O)O)CCN(CC(=O)O)CC3)cc(-c3cn(CCOCCOCCC(=O)NCc4cc(C(=O)N[C@@H](C)C(=O)N5CC(F)(F)C[C@@H]5C#N)ccn4)nn3)c2)nn1. The van der Waals surface area contributed by atoms with E-state index in [-0.39, 0.29) is 154 Å². The first kappa shape index (κ1) is 67.6. The summed E-state index contributed by atoms with van der Waals surface area (Å²) in [6, 6.07) is 7.09. The fourth-order valence-electron chi connectivity index (χ4n) is 9.24. The quantitative estimate of drug-likeness (QED) is 0.0273. The van der Waals surface area contributed by atoms with E-state index in [0.717, 1.165) is 4.90 Å². The summed E-state index contributed by atoms with van der Waals surface area (Å²) in [4.78, 5) is 112. The number of carboxylic acids is 3. The van der Waals surface area contributed by atoms with E-state index < -0.39 is 66.6 Å². The minimum atomic E-state index is -3.20. The van der Waals surface area contributed by atoms with Gasteiger partial charge in [-0.15, -0.1) is 10.2 Å². The molecule has 0 radical (unpaired) electrons. The topological polar surface area (TPSA) is 387 Å². The number of pyridine rings is 1. The highest BCUT2D eigenvalue weighted by molar-refractivity contribution is 5.98. The second-order valence-electron chi connectivity index (χ2n) is 20.6. The Labute approximate surface area is 498 Å². The standard InChI is InChI=1S/C54H73F2N17O14/c1-37(53(84)73-36-54(55,56)27-43(73)28-57)62-52(83)38-3-5-58-42(26-38)29-61-46(74)4-18-86-21-22-87-20-17-72-31-45(64-66-72)40-23-39(44-30-71(65-63-44)16-19-85-2)24-41(25-40)51(82)60-7-6-59-47(75)32-67-8-10-68(33-48(76)77)12-14-70(35-50(80)81)15-13-69(11-9-67)34-49(78)79/h3,5,23-26,30-31,37,43H,4,6-22,27,29,32-36H2,1-2H3,(H,59,75)(H,60,82)(H,61,74)(H,62,83)(H,76,77)(H,78,79)(H,80,81)/t37-,43+/m0/s1. The molecule has 2 aliphatic heterocycles. The van der Waals surface area contributed by atoms with Crippen molar-refractivity contribution in [1.82, 2.24) is 80.7 Å². The second-order valence-corrected chi connectivity index (χ2v) is 20.6. The molecule has 2 saturated heterocycles. The summed E-state index contributed by atoms with van der Waals surface area (Å²) in [5.41, 5.74) is 2.71. The normalized spacial score (nSPS) is 16.6. The highest BCUT2D eigenvalue weighted by Gasteiger charge is 2.48. The van der Waals surface area contributed by atoms with Crippen LogP contribution in [0.2, 0.25) is 0 Å². The van der Waals surface area contributed by atoms with Crippen LogP contribution in [0.1, 0.15) is 46.2 Å². The first-order chi connectivity index (χ1) is 41.7. The maximum Gasteiger partial charge on any atom is 0.317 e. The molecule has 2 atom stereocenters. The van der Waals surface area contributed by atoms with Crippen LogP contribution in [0.15, 0.2) is 48.9 Å². The molecule has 0 spiro atoms. The molecule has 472 valence electrons. The third-order valence-corrected chi connectivity index (χ3v) is 13.8. The molecule has 2 fully saturated rings. The monoisotopic (exact) mass is 1220 g/mol. The molecule has 0 saturated carbocycles. The molecule has 7 N–H and O–H groups in total. The molecule has 31 nitrogen and oxygen atoms in total. The van der Waals surface area contributed by atoms with Gasteiger partial charge in [0.1, 0.15) is 23.5 Å². The van der Waals surface area contributed by atoms with Gasteiger partial charge in [0.15, 0.2) is 0 Å². The average Bonchev–Trinajstić information content (AvgIpc) is 3.48.